The van der Waals surface area contributed by atoms with Gasteiger partial charge in [0, 0.05) is 10.9 Å². The lowest BCUT2D eigenvalue weighted by molar-refractivity contribution is -0.142. The second-order valence-corrected chi connectivity index (χ2v) is 6.94. The monoisotopic (exact) mass is 431 g/mol. The number of carbonyl (C=O) groups excluding carboxylic acids is 1. The zero-order valence-corrected chi connectivity index (χ0v) is 17.3. The molecule has 1 heterocycles. The number of hydrogen-bond acceptors (Lipinski definition) is 8. The predicted octanol–water partition coefficient (Wildman–Crippen LogP) is 4.47. The summed E-state index contributed by atoms with van der Waals surface area (Å²) in [4.78, 5) is 15.8. The van der Waals surface area contributed by atoms with Crippen molar-refractivity contribution in [2.45, 2.75) is 0 Å². The maximum Gasteiger partial charge on any atom is 0.343 e. The Hall–Kier alpha value is -3.10. The van der Waals surface area contributed by atoms with E-state index in [0.717, 1.165) is 11.3 Å². The zero-order valence-electron chi connectivity index (χ0n) is 15.7. The number of nitrogens with zero attached hydrogens (tertiary/aromatic N) is 2. The van der Waals surface area contributed by atoms with Crippen LogP contribution >= 0.6 is 22.9 Å². The minimum atomic E-state index is -0.517. The Morgan fingerprint density at radius 2 is 2.07 bits per heavy atom. The summed E-state index contributed by atoms with van der Waals surface area (Å²) in [6.45, 7) is -0.268. The number of aromatic nitrogens is 1. The average Bonchev–Trinajstić information content (AvgIpc) is 3.22. The van der Waals surface area contributed by atoms with E-state index in [0.29, 0.717) is 16.4 Å². The molecule has 0 saturated heterocycles. The third kappa shape index (κ3) is 5.46. The molecule has 1 aromatic heterocycles. The predicted molar refractivity (Wildman–Crippen MR) is 114 cm³/mol. The summed E-state index contributed by atoms with van der Waals surface area (Å²) in [7, 11) is 2.76. The van der Waals surface area contributed by atoms with E-state index in [1.165, 1.54) is 25.6 Å². The second kappa shape index (κ2) is 9.90. The summed E-state index contributed by atoms with van der Waals surface area (Å²) in [5.74, 6) is 0.122. The first-order valence-corrected chi connectivity index (χ1v) is 9.73. The fourth-order valence-corrected chi connectivity index (χ4v) is 3.32. The largest absolute Gasteiger partial charge is 0.493 e. The van der Waals surface area contributed by atoms with Gasteiger partial charge >= 0.3 is 5.97 Å². The Balaban J connectivity index is 1.68. The molecule has 0 atom stereocenters. The summed E-state index contributed by atoms with van der Waals surface area (Å²) in [5.41, 5.74) is 5.51. The molecular formula is C20H18ClN3O4S. The highest BCUT2D eigenvalue weighted by molar-refractivity contribution is 7.14. The number of rotatable bonds is 8. The number of benzene rings is 2. The van der Waals surface area contributed by atoms with Gasteiger partial charge in [-0.2, -0.15) is 5.10 Å². The van der Waals surface area contributed by atoms with Gasteiger partial charge in [-0.25, -0.2) is 9.78 Å². The molecule has 150 valence electrons. The first kappa shape index (κ1) is 20.6. The van der Waals surface area contributed by atoms with Crippen molar-refractivity contribution in [2.75, 3.05) is 26.3 Å². The lowest BCUT2D eigenvalue weighted by Crippen LogP contribution is -2.13. The maximum atomic E-state index is 11.3. The first-order valence-electron chi connectivity index (χ1n) is 8.48. The lowest BCUT2D eigenvalue weighted by Gasteiger charge is -2.12. The Morgan fingerprint density at radius 1 is 1.28 bits per heavy atom. The van der Waals surface area contributed by atoms with Gasteiger partial charge in [0.15, 0.2) is 18.1 Å². The van der Waals surface area contributed by atoms with Crippen molar-refractivity contribution in [3.05, 3.63) is 58.4 Å². The fraction of sp³-hybridized carbons (Fsp3) is 0.150. The van der Waals surface area contributed by atoms with Gasteiger partial charge in [-0.15, -0.1) is 11.3 Å². The Labute approximate surface area is 176 Å². The van der Waals surface area contributed by atoms with Crippen LogP contribution in [0, 0.1) is 0 Å². The van der Waals surface area contributed by atoms with Crippen molar-refractivity contribution in [2.24, 2.45) is 5.10 Å². The van der Waals surface area contributed by atoms with Crippen LogP contribution in [0.3, 0.4) is 0 Å². The van der Waals surface area contributed by atoms with Crippen LogP contribution in [-0.4, -0.2) is 38.0 Å². The molecule has 0 radical (unpaired) electrons. The molecular weight excluding hydrogens is 414 g/mol. The van der Waals surface area contributed by atoms with E-state index in [9.17, 15) is 4.79 Å². The van der Waals surface area contributed by atoms with E-state index < -0.39 is 5.97 Å². The van der Waals surface area contributed by atoms with Crippen molar-refractivity contribution in [3.8, 4) is 22.8 Å². The van der Waals surface area contributed by atoms with Crippen LogP contribution in [0.15, 0.2) is 52.9 Å². The third-order valence-electron chi connectivity index (χ3n) is 3.76. The number of carbonyl (C=O) groups is 1. The molecule has 0 fully saturated rings. The molecule has 0 bridgehead atoms. The number of nitrogens with one attached hydrogen (secondary N) is 1. The molecule has 0 aliphatic carbocycles. The molecule has 0 spiro atoms. The average molecular weight is 432 g/mol. The molecule has 0 unspecified atom stereocenters. The van der Waals surface area contributed by atoms with Crippen LogP contribution in [0.5, 0.6) is 11.5 Å². The van der Waals surface area contributed by atoms with Crippen LogP contribution in [0.4, 0.5) is 5.13 Å². The van der Waals surface area contributed by atoms with Crippen molar-refractivity contribution in [1.29, 1.82) is 0 Å². The SMILES string of the molecule is COC(=O)COc1c(Cl)cc(C=NNc2nc(-c3ccccc3)cs2)cc1OC. The lowest BCUT2D eigenvalue weighted by atomic mass is 10.2. The van der Waals surface area contributed by atoms with Crippen molar-refractivity contribution >= 4 is 40.3 Å². The van der Waals surface area contributed by atoms with Gasteiger partial charge in [-0.05, 0) is 17.7 Å². The van der Waals surface area contributed by atoms with Gasteiger partial charge in [0.2, 0.25) is 5.13 Å². The Morgan fingerprint density at radius 3 is 2.79 bits per heavy atom. The van der Waals surface area contributed by atoms with Crippen LogP contribution in [0.1, 0.15) is 5.56 Å². The normalized spacial score (nSPS) is 10.7. The Bertz CT molecular complexity index is 1010. The molecule has 0 amide bonds. The van der Waals surface area contributed by atoms with Crippen molar-refractivity contribution in [3.63, 3.8) is 0 Å². The number of methoxy groups -OCH3 is 2. The summed E-state index contributed by atoms with van der Waals surface area (Å²) in [5, 5.41) is 7.11. The number of ether oxygens (including phenoxy) is 3. The van der Waals surface area contributed by atoms with Crippen LogP contribution in [0.25, 0.3) is 11.3 Å². The van der Waals surface area contributed by atoms with Gasteiger partial charge in [0.25, 0.3) is 0 Å². The molecule has 0 aliphatic rings. The van der Waals surface area contributed by atoms with Crippen molar-refractivity contribution in [1.82, 2.24) is 4.98 Å². The van der Waals surface area contributed by atoms with E-state index in [4.69, 9.17) is 21.1 Å². The first-order chi connectivity index (χ1) is 14.1. The summed E-state index contributed by atoms with van der Waals surface area (Å²) in [6.07, 6.45) is 1.59. The quantitative estimate of drug-likeness (QED) is 0.322. The van der Waals surface area contributed by atoms with E-state index >= 15 is 0 Å². The number of esters is 1. The van der Waals surface area contributed by atoms with Gasteiger partial charge in [-0.3, -0.25) is 5.43 Å². The van der Waals surface area contributed by atoms with Crippen LogP contribution in [-0.2, 0) is 9.53 Å². The zero-order chi connectivity index (χ0) is 20.6. The molecule has 1 N–H and O–H groups in total. The minimum absolute atomic E-state index is 0.261. The third-order valence-corrected chi connectivity index (χ3v) is 4.79. The number of hydrogen-bond donors (Lipinski definition) is 1. The highest BCUT2D eigenvalue weighted by Gasteiger charge is 2.13. The minimum Gasteiger partial charge on any atom is -0.493 e. The number of thiazole rings is 1. The molecule has 0 aliphatic heterocycles. The number of halogens is 1. The van der Waals surface area contributed by atoms with E-state index in [-0.39, 0.29) is 17.4 Å². The summed E-state index contributed by atoms with van der Waals surface area (Å²) in [6, 6.07) is 13.2. The van der Waals surface area contributed by atoms with E-state index in [1.54, 1.807) is 18.3 Å². The Kier molecular flexibility index (Phi) is 7.04. The van der Waals surface area contributed by atoms with E-state index in [2.05, 4.69) is 20.2 Å². The molecule has 0 saturated carbocycles. The molecule has 2 aromatic carbocycles. The van der Waals surface area contributed by atoms with Gasteiger partial charge in [0.1, 0.15) is 0 Å². The molecule has 29 heavy (non-hydrogen) atoms. The van der Waals surface area contributed by atoms with Gasteiger partial charge < -0.3 is 14.2 Å². The van der Waals surface area contributed by atoms with E-state index in [1.807, 2.05) is 35.7 Å². The van der Waals surface area contributed by atoms with Crippen molar-refractivity contribution < 1.29 is 19.0 Å². The van der Waals surface area contributed by atoms with Gasteiger partial charge in [0.05, 0.1) is 31.2 Å². The van der Waals surface area contributed by atoms with Crippen LogP contribution < -0.4 is 14.9 Å². The molecule has 9 heteroatoms. The number of hydrazone groups is 1. The number of anilines is 1. The topological polar surface area (TPSA) is 82.0 Å². The maximum absolute atomic E-state index is 11.3. The molecule has 3 aromatic rings. The fourth-order valence-electron chi connectivity index (χ4n) is 2.37. The smallest absolute Gasteiger partial charge is 0.343 e. The second-order valence-electron chi connectivity index (χ2n) is 5.67. The highest BCUT2D eigenvalue weighted by atomic mass is 35.5. The molecule has 3 rings (SSSR count). The highest BCUT2D eigenvalue weighted by Crippen LogP contribution is 2.36. The summed E-state index contributed by atoms with van der Waals surface area (Å²) >= 11 is 7.71. The van der Waals surface area contributed by atoms with Crippen LogP contribution in [0.2, 0.25) is 5.02 Å². The van der Waals surface area contributed by atoms with Gasteiger partial charge in [-0.1, -0.05) is 41.9 Å². The standard InChI is InChI=1S/C20H18ClN3O4S/c1-26-17-9-13(8-15(21)19(17)28-11-18(25)27-2)10-22-24-20-23-16(12-29-20)14-6-4-3-5-7-14/h3-10,12H,11H2,1-2H3,(H,23,24). The summed E-state index contributed by atoms with van der Waals surface area (Å²) < 4.78 is 15.2. The molecule has 7 nitrogen and oxygen atoms in total.